The Morgan fingerprint density at radius 1 is 1.08 bits per heavy atom. The third-order valence-corrected chi connectivity index (χ3v) is 4.49. The van der Waals surface area contributed by atoms with Gasteiger partial charge in [-0.3, -0.25) is 4.90 Å². The lowest BCUT2D eigenvalue weighted by atomic mass is 10.2. The molecule has 0 bridgehead atoms. The van der Waals surface area contributed by atoms with Crippen molar-refractivity contribution in [2.75, 3.05) is 13.6 Å². The molecule has 2 aromatic heterocycles. The summed E-state index contributed by atoms with van der Waals surface area (Å²) in [5.41, 5.74) is 5.35. The number of aromatic amines is 1. The smallest absolute Gasteiger partial charge is 0.108 e. The summed E-state index contributed by atoms with van der Waals surface area (Å²) in [7, 11) is 2.09. The van der Waals surface area contributed by atoms with Crippen molar-refractivity contribution in [1.82, 2.24) is 29.9 Å². The molecule has 6 heteroatoms. The van der Waals surface area contributed by atoms with E-state index in [2.05, 4.69) is 52.4 Å². The van der Waals surface area contributed by atoms with Gasteiger partial charge in [-0.05, 0) is 37.7 Å². The van der Waals surface area contributed by atoms with Crippen LogP contribution in [0, 0.1) is 6.92 Å². The maximum absolute atomic E-state index is 4.72. The number of benzene rings is 2. The van der Waals surface area contributed by atoms with Gasteiger partial charge in [0.05, 0.1) is 28.6 Å². The number of nitrogens with one attached hydrogen (secondary N) is 1. The molecule has 2 heterocycles. The monoisotopic (exact) mass is 346 g/mol. The van der Waals surface area contributed by atoms with E-state index >= 15 is 0 Å². The molecule has 0 radical (unpaired) electrons. The van der Waals surface area contributed by atoms with E-state index in [-0.39, 0.29) is 0 Å². The number of para-hydroxylation sites is 2. The van der Waals surface area contributed by atoms with Gasteiger partial charge in [0.25, 0.3) is 0 Å². The fourth-order valence-corrected chi connectivity index (χ4v) is 3.08. The summed E-state index contributed by atoms with van der Waals surface area (Å²) < 4.78 is 1.81. The quantitative estimate of drug-likeness (QED) is 0.583. The first-order chi connectivity index (χ1) is 12.7. The Labute approximate surface area is 152 Å². The zero-order valence-electron chi connectivity index (χ0n) is 15.1. The molecule has 0 fully saturated rings. The van der Waals surface area contributed by atoms with Gasteiger partial charge in [0, 0.05) is 19.5 Å². The molecule has 0 aliphatic carbocycles. The molecule has 4 aromatic rings. The Kier molecular flexibility index (Phi) is 4.50. The summed E-state index contributed by atoms with van der Waals surface area (Å²) in [4.78, 5) is 10.4. The van der Waals surface area contributed by atoms with E-state index in [1.165, 1.54) is 5.56 Å². The highest BCUT2D eigenvalue weighted by Gasteiger charge is 2.09. The highest BCUT2D eigenvalue weighted by Crippen LogP contribution is 2.16. The van der Waals surface area contributed by atoms with E-state index in [9.17, 15) is 0 Å². The van der Waals surface area contributed by atoms with Crippen molar-refractivity contribution in [3.8, 4) is 5.69 Å². The molecule has 132 valence electrons. The summed E-state index contributed by atoms with van der Waals surface area (Å²) in [6.07, 6.45) is 2.85. The van der Waals surface area contributed by atoms with Gasteiger partial charge in [-0.25, -0.2) is 9.67 Å². The van der Waals surface area contributed by atoms with Crippen molar-refractivity contribution in [1.29, 1.82) is 0 Å². The SMILES string of the molecule is Cc1cccc2[nH]c(CCN(C)Cc3cn(-c4ccccc4)nn3)nc12. The molecule has 1 N–H and O–H groups in total. The lowest BCUT2D eigenvalue weighted by Gasteiger charge is -2.13. The number of likely N-dealkylation sites (N-methyl/N-ethyl adjacent to an activating group) is 1. The average molecular weight is 346 g/mol. The Bertz CT molecular complexity index is 1000. The van der Waals surface area contributed by atoms with Crippen molar-refractivity contribution >= 4 is 11.0 Å². The molecule has 0 saturated carbocycles. The van der Waals surface area contributed by atoms with Crippen molar-refractivity contribution in [3.63, 3.8) is 0 Å². The second-order valence-electron chi connectivity index (χ2n) is 6.63. The number of aromatic nitrogens is 5. The van der Waals surface area contributed by atoms with Gasteiger partial charge in [-0.15, -0.1) is 5.10 Å². The highest BCUT2D eigenvalue weighted by molar-refractivity contribution is 5.78. The van der Waals surface area contributed by atoms with Crippen LogP contribution in [0.1, 0.15) is 17.1 Å². The Hall–Kier alpha value is -2.99. The van der Waals surface area contributed by atoms with Gasteiger partial charge in [0.1, 0.15) is 5.82 Å². The first kappa shape index (κ1) is 16.5. The predicted octanol–water partition coefficient (Wildman–Crippen LogP) is 3.13. The number of H-pyrrole nitrogens is 1. The van der Waals surface area contributed by atoms with Gasteiger partial charge >= 0.3 is 0 Å². The molecule has 0 aliphatic heterocycles. The number of hydrogen-bond donors (Lipinski definition) is 1. The predicted molar refractivity (Wildman–Crippen MR) is 102 cm³/mol. The van der Waals surface area contributed by atoms with Crippen LogP contribution < -0.4 is 0 Å². The minimum Gasteiger partial charge on any atom is -0.342 e. The van der Waals surface area contributed by atoms with Crippen LogP contribution in [-0.2, 0) is 13.0 Å². The molecule has 0 atom stereocenters. The van der Waals surface area contributed by atoms with Crippen LogP contribution in [0.4, 0.5) is 0 Å². The fourth-order valence-electron chi connectivity index (χ4n) is 3.08. The molecule has 0 saturated heterocycles. The van der Waals surface area contributed by atoms with Crippen molar-refractivity contribution in [2.45, 2.75) is 19.9 Å². The molecule has 0 unspecified atom stereocenters. The lowest BCUT2D eigenvalue weighted by Crippen LogP contribution is -2.21. The van der Waals surface area contributed by atoms with Gasteiger partial charge in [0.15, 0.2) is 0 Å². The number of fused-ring (bicyclic) bond motifs is 1. The summed E-state index contributed by atoms with van der Waals surface area (Å²) >= 11 is 0. The van der Waals surface area contributed by atoms with Crippen LogP contribution in [0.2, 0.25) is 0 Å². The first-order valence-electron chi connectivity index (χ1n) is 8.78. The fraction of sp³-hybridized carbons (Fsp3) is 0.250. The summed E-state index contributed by atoms with van der Waals surface area (Å²) in [5, 5.41) is 8.50. The average Bonchev–Trinajstić information content (AvgIpc) is 3.28. The van der Waals surface area contributed by atoms with E-state index in [1.807, 2.05) is 41.2 Å². The van der Waals surface area contributed by atoms with Crippen LogP contribution in [0.25, 0.3) is 16.7 Å². The molecule has 0 amide bonds. The van der Waals surface area contributed by atoms with Gasteiger partial charge < -0.3 is 4.98 Å². The second-order valence-corrected chi connectivity index (χ2v) is 6.63. The van der Waals surface area contributed by atoms with Crippen LogP contribution in [0.5, 0.6) is 0 Å². The second kappa shape index (κ2) is 7.09. The molecule has 26 heavy (non-hydrogen) atoms. The molecular weight excluding hydrogens is 324 g/mol. The van der Waals surface area contributed by atoms with Crippen molar-refractivity contribution in [3.05, 3.63) is 71.8 Å². The van der Waals surface area contributed by atoms with Gasteiger partial charge in [0.2, 0.25) is 0 Å². The van der Waals surface area contributed by atoms with Crippen LogP contribution in [0.3, 0.4) is 0 Å². The zero-order valence-corrected chi connectivity index (χ0v) is 15.1. The molecule has 2 aromatic carbocycles. The number of nitrogens with zero attached hydrogens (tertiary/aromatic N) is 5. The summed E-state index contributed by atoms with van der Waals surface area (Å²) in [6.45, 7) is 3.75. The third kappa shape index (κ3) is 3.50. The van der Waals surface area contributed by atoms with Crippen LogP contribution in [-0.4, -0.2) is 43.5 Å². The topological polar surface area (TPSA) is 62.6 Å². The summed E-state index contributed by atoms with van der Waals surface area (Å²) in [5.74, 6) is 1.02. The molecule has 6 nitrogen and oxygen atoms in total. The van der Waals surface area contributed by atoms with E-state index < -0.39 is 0 Å². The standard InChI is InChI=1S/C20H22N6/c1-15-7-6-10-18-20(15)22-19(21-18)11-12-25(2)13-16-14-26(24-23-16)17-8-4-3-5-9-17/h3-10,14H,11-13H2,1-2H3,(H,21,22). The van der Waals surface area contributed by atoms with E-state index in [0.717, 1.165) is 47.7 Å². The minimum absolute atomic E-state index is 0.756. The van der Waals surface area contributed by atoms with Crippen molar-refractivity contribution in [2.24, 2.45) is 0 Å². The number of imidazole rings is 1. The molecular formula is C20H22N6. The Morgan fingerprint density at radius 2 is 1.92 bits per heavy atom. The molecule has 4 rings (SSSR count). The molecule has 0 spiro atoms. The zero-order chi connectivity index (χ0) is 17.9. The van der Waals surface area contributed by atoms with Gasteiger partial charge in [-0.1, -0.05) is 35.5 Å². The van der Waals surface area contributed by atoms with E-state index in [0.29, 0.717) is 0 Å². The summed E-state index contributed by atoms with van der Waals surface area (Å²) in [6, 6.07) is 16.3. The lowest BCUT2D eigenvalue weighted by molar-refractivity contribution is 0.325. The van der Waals surface area contributed by atoms with E-state index in [1.54, 1.807) is 0 Å². The number of rotatable bonds is 6. The number of aryl methyl sites for hydroxylation is 1. The van der Waals surface area contributed by atoms with Gasteiger partial charge in [-0.2, -0.15) is 0 Å². The normalized spacial score (nSPS) is 11.5. The maximum atomic E-state index is 4.72. The Balaban J connectivity index is 1.37. The Morgan fingerprint density at radius 3 is 2.73 bits per heavy atom. The van der Waals surface area contributed by atoms with Crippen LogP contribution in [0.15, 0.2) is 54.7 Å². The largest absolute Gasteiger partial charge is 0.342 e. The number of hydrogen-bond acceptors (Lipinski definition) is 4. The maximum Gasteiger partial charge on any atom is 0.108 e. The van der Waals surface area contributed by atoms with Crippen LogP contribution >= 0.6 is 0 Å². The van der Waals surface area contributed by atoms with E-state index in [4.69, 9.17) is 4.98 Å². The highest BCUT2D eigenvalue weighted by atomic mass is 15.4. The first-order valence-corrected chi connectivity index (χ1v) is 8.78. The molecule has 0 aliphatic rings. The third-order valence-electron chi connectivity index (χ3n) is 4.49. The van der Waals surface area contributed by atoms with Crippen molar-refractivity contribution < 1.29 is 0 Å². The minimum atomic E-state index is 0.756.